The Morgan fingerprint density at radius 2 is 1.47 bits per heavy atom. The van der Waals surface area contributed by atoms with Crippen molar-refractivity contribution in [1.82, 2.24) is 0 Å². The van der Waals surface area contributed by atoms with Gasteiger partial charge in [0.25, 0.3) is 0 Å². The zero-order valence-electron chi connectivity index (χ0n) is 9.17. The third-order valence-corrected chi connectivity index (χ3v) is 3.26. The molecule has 1 aliphatic carbocycles. The molecule has 1 aliphatic rings. The fraction of sp³-hybridized carbons (Fsp3) is 0.143. The summed E-state index contributed by atoms with van der Waals surface area (Å²) < 4.78 is 0. The Labute approximate surface area is 99.0 Å². The van der Waals surface area contributed by atoms with Crippen LogP contribution in [0, 0.1) is 4.91 Å². The fourth-order valence-electron chi connectivity index (χ4n) is 2.54. The molecule has 0 fully saturated rings. The Morgan fingerprint density at radius 3 is 2.00 bits per heavy atom. The molecule has 84 valence electrons. The standard InChI is InChI=1S/C14H11NO2/c16-15-17-9-14-12-7-3-1-5-10(12)11-6-2-4-8-13(11)14/h1-8,14H,9H2. The van der Waals surface area contributed by atoms with E-state index >= 15 is 0 Å². The fourth-order valence-corrected chi connectivity index (χ4v) is 2.54. The Bertz CT molecular complexity index is 520. The highest BCUT2D eigenvalue weighted by Crippen LogP contribution is 2.44. The molecular formula is C14H11NO2. The molecule has 0 N–H and O–H groups in total. The number of nitrogens with zero attached hydrogens (tertiary/aromatic N) is 1. The van der Waals surface area contributed by atoms with Crippen molar-refractivity contribution in [2.75, 3.05) is 6.61 Å². The first-order valence-corrected chi connectivity index (χ1v) is 5.54. The first-order chi connectivity index (χ1) is 8.42. The van der Waals surface area contributed by atoms with Crippen LogP contribution < -0.4 is 0 Å². The first kappa shape index (κ1) is 10.0. The first-order valence-electron chi connectivity index (χ1n) is 5.54. The normalized spacial score (nSPS) is 12.9. The van der Waals surface area contributed by atoms with E-state index in [4.69, 9.17) is 4.84 Å². The highest BCUT2D eigenvalue weighted by atomic mass is 16.7. The molecule has 0 unspecified atom stereocenters. The van der Waals surface area contributed by atoms with Crippen molar-refractivity contribution in [2.45, 2.75) is 5.92 Å². The van der Waals surface area contributed by atoms with Gasteiger partial charge < -0.3 is 4.84 Å². The Morgan fingerprint density at radius 1 is 0.941 bits per heavy atom. The van der Waals surface area contributed by atoms with Crippen LogP contribution in [-0.2, 0) is 4.84 Å². The van der Waals surface area contributed by atoms with Gasteiger partial charge >= 0.3 is 0 Å². The van der Waals surface area contributed by atoms with Gasteiger partial charge in [-0.3, -0.25) is 0 Å². The summed E-state index contributed by atoms with van der Waals surface area (Å²) in [6.45, 7) is 0.303. The lowest BCUT2D eigenvalue weighted by atomic mass is 9.98. The van der Waals surface area contributed by atoms with E-state index in [1.54, 1.807) is 0 Å². The average Bonchev–Trinajstić information content (AvgIpc) is 2.71. The Kier molecular flexibility index (Phi) is 2.37. The second-order valence-corrected chi connectivity index (χ2v) is 4.10. The van der Waals surface area contributed by atoms with Crippen molar-refractivity contribution in [2.24, 2.45) is 5.34 Å². The van der Waals surface area contributed by atoms with Crippen molar-refractivity contribution < 1.29 is 4.84 Å². The molecule has 2 aromatic carbocycles. The molecule has 2 aromatic rings. The van der Waals surface area contributed by atoms with E-state index in [1.807, 2.05) is 24.3 Å². The van der Waals surface area contributed by atoms with Crippen molar-refractivity contribution in [3.05, 3.63) is 64.6 Å². The van der Waals surface area contributed by atoms with Gasteiger partial charge in [0.1, 0.15) is 6.61 Å². The molecule has 0 spiro atoms. The monoisotopic (exact) mass is 225 g/mol. The van der Waals surface area contributed by atoms with Crippen molar-refractivity contribution >= 4 is 0 Å². The summed E-state index contributed by atoms with van der Waals surface area (Å²) in [6.07, 6.45) is 0. The molecule has 0 bridgehead atoms. The largest absolute Gasteiger partial charge is 0.363 e. The van der Waals surface area contributed by atoms with Crippen LogP contribution in [0.4, 0.5) is 0 Å². The van der Waals surface area contributed by atoms with E-state index in [9.17, 15) is 4.91 Å². The molecule has 0 atom stereocenters. The van der Waals surface area contributed by atoms with E-state index < -0.39 is 0 Å². The number of hydrogen-bond acceptors (Lipinski definition) is 3. The van der Waals surface area contributed by atoms with Gasteiger partial charge in [0.05, 0.1) is 0 Å². The molecule has 3 nitrogen and oxygen atoms in total. The lowest BCUT2D eigenvalue weighted by molar-refractivity contribution is 0.133. The third kappa shape index (κ3) is 1.51. The number of benzene rings is 2. The maximum absolute atomic E-state index is 10.1. The third-order valence-electron chi connectivity index (χ3n) is 3.26. The van der Waals surface area contributed by atoms with Gasteiger partial charge in [-0.1, -0.05) is 48.5 Å². The second kappa shape index (κ2) is 4.01. The molecule has 17 heavy (non-hydrogen) atoms. The van der Waals surface area contributed by atoms with Gasteiger partial charge in [-0.05, 0) is 22.3 Å². The van der Waals surface area contributed by atoms with Crippen LogP contribution in [0.15, 0.2) is 53.9 Å². The molecule has 0 aliphatic heterocycles. The van der Waals surface area contributed by atoms with Crippen LogP contribution >= 0.6 is 0 Å². The van der Waals surface area contributed by atoms with E-state index in [0.29, 0.717) is 6.61 Å². The van der Waals surface area contributed by atoms with Crippen molar-refractivity contribution in [3.63, 3.8) is 0 Å². The van der Waals surface area contributed by atoms with Gasteiger partial charge in [0.15, 0.2) is 5.34 Å². The van der Waals surface area contributed by atoms with Crippen LogP contribution in [0.5, 0.6) is 0 Å². The lowest BCUT2D eigenvalue weighted by Gasteiger charge is -2.10. The van der Waals surface area contributed by atoms with E-state index in [-0.39, 0.29) is 5.92 Å². The molecule has 0 saturated heterocycles. The SMILES string of the molecule is O=NOCC1c2ccccc2-c2ccccc21. The topological polar surface area (TPSA) is 38.7 Å². The van der Waals surface area contributed by atoms with Gasteiger partial charge in [-0.15, -0.1) is 4.91 Å². The van der Waals surface area contributed by atoms with Crippen LogP contribution in [-0.4, -0.2) is 6.61 Å². The highest BCUT2D eigenvalue weighted by Gasteiger charge is 2.28. The summed E-state index contributed by atoms with van der Waals surface area (Å²) in [5.41, 5.74) is 4.86. The van der Waals surface area contributed by atoms with Crippen molar-refractivity contribution in [1.29, 1.82) is 0 Å². The summed E-state index contributed by atoms with van der Waals surface area (Å²) in [5, 5.41) is 2.50. The molecular weight excluding hydrogens is 214 g/mol. The summed E-state index contributed by atoms with van der Waals surface area (Å²) >= 11 is 0. The molecule has 3 rings (SSSR count). The van der Waals surface area contributed by atoms with Crippen LogP contribution in [0.2, 0.25) is 0 Å². The predicted octanol–water partition coefficient (Wildman–Crippen LogP) is 3.50. The molecule has 0 heterocycles. The molecule has 0 radical (unpaired) electrons. The lowest BCUT2D eigenvalue weighted by Crippen LogP contribution is -2.03. The summed E-state index contributed by atoms with van der Waals surface area (Å²) in [6, 6.07) is 16.4. The predicted molar refractivity (Wildman–Crippen MR) is 65.5 cm³/mol. The maximum atomic E-state index is 10.1. The van der Waals surface area contributed by atoms with Crippen LogP contribution in [0.1, 0.15) is 17.0 Å². The average molecular weight is 225 g/mol. The van der Waals surface area contributed by atoms with Crippen molar-refractivity contribution in [3.8, 4) is 11.1 Å². The molecule has 0 saturated carbocycles. The highest BCUT2D eigenvalue weighted by molar-refractivity contribution is 5.78. The zero-order chi connectivity index (χ0) is 11.7. The van der Waals surface area contributed by atoms with Gasteiger partial charge in [0, 0.05) is 5.92 Å². The van der Waals surface area contributed by atoms with E-state index in [2.05, 4.69) is 29.6 Å². The summed E-state index contributed by atoms with van der Waals surface area (Å²) in [5.74, 6) is 0.111. The van der Waals surface area contributed by atoms with Gasteiger partial charge in [-0.25, -0.2) is 0 Å². The molecule has 3 heteroatoms. The Hall–Kier alpha value is -2.16. The second-order valence-electron chi connectivity index (χ2n) is 4.10. The minimum Gasteiger partial charge on any atom is -0.363 e. The minimum atomic E-state index is 0.111. The summed E-state index contributed by atoms with van der Waals surface area (Å²) in [4.78, 5) is 14.8. The Balaban J connectivity index is 2.13. The minimum absolute atomic E-state index is 0.111. The van der Waals surface area contributed by atoms with Gasteiger partial charge in [0.2, 0.25) is 0 Å². The van der Waals surface area contributed by atoms with E-state index in [0.717, 1.165) is 0 Å². The molecule has 0 aromatic heterocycles. The summed E-state index contributed by atoms with van der Waals surface area (Å²) in [7, 11) is 0. The molecule has 0 amide bonds. The van der Waals surface area contributed by atoms with Crippen LogP contribution in [0.3, 0.4) is 0 Å². The van der Waals surface area contributed by atoms with Crippen LogP contribution in [0.25, 0.3) is 11.1 Å². The number of rotatable bonds is 3. The van der Waals surface area contributed by atoms with Gasteiger partial charge in [-0.2, -0.15) is 0 Å². The van der Waals surface area contributed by atoms with E-state index in [1.165, 1.54) is 22.3 Å². The smallest absolute Gasteiger partial charge is 0.155 e. The maximum Gasteiger partial charge on any atom is 0.155 e. The number of fused-ring (bicyclic) bond motifs is 3. The zero-order valence-corrected chi connectivity index (χ0v) is 9.17. The number of hydrogen-bond donors (Lipinski definition) is 0. The quantitative estimate of drug-likeness (QED) is 0.592.